The van der Waals surface area contributed by atoms with Gasteiger partial charge in [-0.3, -0.25) is 4.79 Å². The Morgan fingerprint density at radius 3 is 2.26 bits per heavy atom. The molecule has 1 amide bonds. The molecule has 2 aromatic rings. The number of anilines is 2. The van der Waals surface area contributed by atoms with E-state index in [1.54, 1.807) is 6.92 Å². The van der Waals surface area contributed by atoms with E-state index in [-0.39, 0.29) is 17.8 Å². The number of halogens is 1. The molecule has 2 aromatic carbocycles. The molecule has 0 saturated carbocycles. The number of benzene rings is 2. The average Bonchev–Trinajstić information content (AvgIpc) is 2.42. The molecule has 0 heterocycles. The summed E-state index contributed by atoms with van der Waals surface area (Å²) in [7, 11) is 0. The van der Waals surface area contributed by atoms with Gasteiger partial charge >= 0.3 is 0 Å². The van der Waals surface area contributed by atoms with Crippen LogP contribution in [-0.2, 0) is 4.79 Å². The highest BCUT2D eigenvalue weighted by atomic mass is 19.1. The van der Waals surface area contributed by atoms with Crippen LogP contribution in [0.3, 0.4) is 0 Å². The monoisotopic (exact) mass is 258 g/mol. The second-order valence-electron chi connectivity index (χ2n) is 4.23. The molecule has 0 spiro atoms. The highest BCUT2D eigenvalue weighted by Crippen LogP contribution is 2.11. The van der Waals surface area contributed by atoms with Crippen molar-refractivity contribution in [2.75, 3.05) is 10.6 Å². The van der Waals surface area contributed by atoms with Gasteiger partial charge in [-0.05, 0) is 43.3 Å². The van der Waals surface area contributed by atoms with Crippen molar-refractivity contribution >= 4 is 17.3 Å². The first-order valence-electron chi connectivity index (χ1n) is 6.03. The predicted octanol–water partition coefficient (Wildman–Crippen LogP) is 3.26. The van der Waals surface area contributed by atoms with Gasteiger partial charge in [-0.2, -0.15) is 0 Å². The van der Waals surface area contributed by atoms with E-state index < -0.39 is 0 Å². The van der Waals surface area contributed by atoms with Crippen LogP contribution >= 0.6 is 0 Å². The van der Waals surface area contributed by atoms with Crippen molar-refractivity contribution in [3.63, 3.8) is 0 Å². The third-order valence-electron chi connectivity index (χ3n) is 2.66. The van der Waals surface area contributed by atoms with Gasteiger partial charge in [-0.15, -0.1) is 0 Å². The van der Waals surface area contributed by atoms with Crippen LogP contribution in [0, 0.1) is 5.82 Å². The van der Waals surface area contributed by atoms with Crippen molar-refractivity contribution in [2.45, 2.75) is 13.0 Å². The Balaban J connectivity index is 1.94. The van der Waals surface area contributed by atoms with Crippen molar-refractivity contribution in [1.82, 2.24) is 0 Å². The zero-order valence-corrected chi connectivity index (χ0v) is 10.6. The fourth-order valence-electron chi connectivity index (χ4n) is 1.63. The van der Waals surface area contributed by atoms with Crippen LogP contribution in [0.1, 0.15) is 6.92 Å². The first-order chi connectivity index (χ1) is 9.15. The topological polar surface area (TPSA) is 41.1 Å². The fourth-order valence-corrected chi connectivity index (χ4v) is 1.63. The minimum atomic E-state index is -0.382. The molecule has 3 nitrogen and oxygen atoms in total. The number of nitrogens with one attached hydrogen (secondary N) is 2. The lowest BCUT2D eigenvalue weighted by atomic mass is 10.2. The summed E-state index contributed by atoms with van der Waals surface area (Å²) >= 11 is 0. The Morgan fingerprint density at radius 1 is 1.00 bits per heavy atom. The second-order valence-corrected chi connectivity index (χ2v) is 4.23. The molecule has 2 rings (SSSR count). The van der Waals surface area contributed by atoms with Crippen LogP contribution < -0.4 is 10.6 Å². The maximum atomic E-state index is 12.7. The molecule has 0 fully saturated rings. The SMILES string of the molecule is C[C@H](Nc1ccccc1)C(=O)Nc1ccc(F)cc1. The van der Waals surface area contributed by atoms with Crippen molar-refractivity contribution in [2.24, 2.45) is 0 Å². The van der Waals surface area contributed by atoms with E-state index in [0.717, 1.165) is 5.69 Å². The maximum Gasteiger partial charge on any atom is 0.246 e. The third kappa shape index (κ3) is 3.81. The maximum absolute atomic E-state index is 12.7. The number of para-hydroxylation sites is 1. The number of hydrogen-bond donors (Lipinski definition) is 2. The Morgan fingerprint density at radius 2 is 1.63 bits per heavy atom. The van der Waals surface area contributed by atoms with Crippen LogP contribution in [0.15, 0.2) is 54.6 Å². The molecule has 1 atom stereocenters. The summed E-state index contributed by atoms with van der Waals surface area (Å²) in [6, 6.07) is 14.8. The summed E-state index contributed by atoms with van der Waals surface area (Å²) in [4.78, 5) is 11.9. The summed E-state index contributed by atoms with van der Waals surface area (Å²) in [5.74, 6) is -0.496. The first-order valence-corrected chi connectivity index (χ1v) is 6.03. The first kappa shape index (κ1) is 13.1. The third-order valence-corrected chi connectivity index (χ3v) is 2.66. The predicted molar refractivity (Wildman–Crippen MR) is 74.6 cm³/mol. The molecule has 0 radical (unpaired) electrons. The van der Waals surface area contributed by atoms with Crippen LogP contribution in [-0.4, -0.2) is 11.9 Å². The van der Waals surface area contributed by atoms with E-state index in [1.807, 2.05) is 30.3 Å². The summed E-state index contributed by atoms with van der Waals surface area (Å²) in [6.45, 7) is 1.77. The molecular formula is C15H15FN2O. The zero-order valence-electron chi connectivity index (χ0n) is 10.6. The number of carbonyl (C=O) groups is 1. The summed E-state index contributed by atoms with van der Waals surface area (Å²) < 4.78 is 12.7. The van der Waals surface area contributed by atoms with Gasteiger partial charge in [0.2, 0.25) is 5.91 Å². The van der Waals surface area contributed by atoms with Gasteiger partial charge in [0.1, 0.15) is 11.9 Å². The molecule has 0 aliphatic rings. The van der Waals surface area contributed by atoms with Crippen LogP contribution in [0.25, 0.3) is 0 Å². The highest BCUT2D eigenvalue weighted by molar-refractivity contribution is 5.96. The molecule has 2 N–H and O–H groups in total. The zero-order chi connectivity index (χ0) is 13.7. The lowest BCUT2D eigenvalue weighted by molar-refractivity contribution is -0.116. The largest absolute Gasteiger partial charge is 0.374 e. The van der Waals surface area contributed by atoms with Crippen molar-refractivity contribution in [1.29, 1.82) is 0 Å². The van der Waals surface area contributed by atoms with E-state index in [0.29, 0.717) is 5.69 Å². The summed E-state index contributed by atoms with van der Waals surface area (Å²) in [5.41, 5.74) is 1.46. The molecule has 0 aliphatic heterocycles. The molecule has 0 unspecified atom stereocenters. The number of hydrogen-bond acceptors (Lipinski definition) is 2. The molecular weight excluding hydrogens is 243 g/mol. The van der Waals surface area contributed by atoms with Crippen molar-refractivity contribution in [3.05, 3.63) is 60.4 Å². The van der Waals surface area contributed by atoms with Gasteiger partial charge in [-0.1, -0.05) is 18.2 Å². The Kier molecular flexibility index (Phi) is 4.13. The van der Waals surface area contributed by atoms with Gasteiger partial charge in [0.15, 0.2) is 0 Å². The number of rotatable bonds is 4. The Labute approximate surface area is 111 Å². The molecule has 0 saturated heterocycles. The standard InChI is InChI=1S/C15H15FN2O/c1-11(17-13-5-3-2-4-6-13)15(19)18-14-9-7-12(16)8-10-14/h2-11,17H,1H3,(H,18,19)/t11-/m0/s1. The van der Waals surface area contributed by atoms with E-state index in [2.05, 4.69) is 10.6 Å². The smallest absolute Gasteiger partial charge is 0.246 e. The molecule has 0 aliphatic carbocycles. The normalized spacial score (nSPS) is 11.7. The minimum Gasteiger partial charge on any atom is -0.374 e. The number of amides is 1. The van der Waals surface area contributed by atoms with Crippen LogP contribution in [0.2, 0.25) is 0 Å². The second kappa shape index (κ2) is 6.00. The molecule has 19 heavy (non-hydrogen) atoms. The highest BCUT2D eigenvalue weighted by Gasteiger charge is 2.12. The van der Waals surface area contributed by atoms with Gasteiger partial charge < -0.3 is 10.6 Å². The quantitative estimate of drug-likeness (QED) is 0.883. The van der Waals surface area contributed by atoms with Crippen molar-refractivity contribution < 1.29 is 9.18 Å². The Hall–Kier alpha value is -2.36. The van der Waals surface area contributed by atoms with E-state index >= 15 is 0 Å². The number of carbonyl (C=O) groups excluding carboxylic acids is 1. The fraction of sp³-hybridized carbons (Fsp3) is 0.133. The molecule has 4 heteroatoms. The van der Waals surface area contributed by atoms with Crippen molar-refractivity contribution in [3.8, 4) is 0 Å². The minimum absolute atomic E-state index is 0.171. The average molecular weight is 258 g/mol. The van der Waals surface area contributed by atoms with Crippen LogP contribution in [0.4, 0.5) is 15.8 Å². The summed E-state index contributed by atoms with van der Waals surface area (Å²) in [5, 5.41) is 5.81. The van der Waals surface area contributed by atoms with Crippen LogP contribution in [0.5, 0.6) is 0 Å². The Bertz CT molecular complexity index is 540. The molecule has 0 aromatic heterocycles. The molecule has 0 bridgehead atoms. The van der Waals surface area contributed by atoms with Gasteiger partial charge in [-0.25, -0.2) is 4.39 Å². The van der Waals surface area contributed by atoms with Gasteiger partial charge in [0.05, 0.1) is 0 Å². The lowest BCUT2D eigenvalue weighted by Gasteiger charge is -2.15. The summed E-state index contributed by atoms with van der Waals surface area (Å²) in [6.07, 6.45) is 0. The van der Waals surface area contributed by atoms with E-state index in [1.165, 1.54) is 24.3 Å². The van der Waals surface area contributed by atoms with Gasteiger partial charge in [0, 0.05) is 11.4 Å². The van der Waals surface area contributed by atoms with E-state index in [9.17, 15) is 9.18 Å². The molecule has 98 valence electrons. The lowest BCUT2D eigenvalue weighted by Crippen LogP contribution is -2.31. The van der Waals surface area contributed by atoms with Gasteiger partial charge in [0.25, 0.3) is 0 Å². The van der Waals surface area contributed by atoms with E-state index in [4.69, 9.17) is 0 Å².